The minimum Gasteiger partial charge on any atom is -0.506 e. The zero-order valence-corrected chi connectivity index (χ0v) is 33.1. The summed E-state index contributed by atoms with van der Waals surface area (Å²) in [6.45, 7) is 0. The molecule has 2 aliphatic rings. The number of nitriles is 4. The highest BCUT2D eigenvalue weighted by molar-refractivity contribution is 5.89. The second-order valence-corrected chi connectivity index (χ2v) is 14.5. The molecule has 0 aliphatic heterocycles. The van der Waals surface area contributed by atoms with Crippen molar-refractivity contribution in [2.45, 2.75) is 51.0 Å². The van der Waals surface area contributed by atoms with Gasteiger partial charge in [-0.3, -0.25) is 9.36 Å². The number of ether oxygens (including phenoxy) is 1. The summed E-state index contributed by atoms with van der Waals surface area (Å²) >= 11 is 0. The molecular formula is C46H40N12O2. The van der Waals surface area contributed by atoms with Crippen molar-refractivity contribution in [2.24, 2.45) is 14.1 Å². The summed E-state index contributed by atoms with van der Waals surface area (Å²) in [7, 11) is 3.65. The lowest BCUT2D eigenvalue weighted by Crippen LogP contribution is -2.16. The summed E-state index contributed by atoms with van der Waals surface area (Å²) in [5.41, 5.74) is 10.7. The largest absolute Gasteiger partial charge is 0.506 e. The second kappa shape index (κ2) is 17.9. The Morgan fingerprint density at radius 1 is 0.750 bits per heavy atom. The molecule has 0 radical (unpaired) electrons. The van der Waals surface area contributed by atoms with Gasteiger partial charge in [0.05, 0.1) is 76.1 Å². The van der Waals surface area contributed by atoms with E-state index in [1.807, 2.05) is 61.8 Å². The predicted octanol–water partition coefficient (Wildman–Crippen LogP) is 8.13. The molecule has 14 heteroatoms. The number of hydrogen-bond acceptors (Lipinski definition) is 11. The number of nitrogens with one attached hydrogen (secondary N) is 2. The number of hydrogen-bond donors (Lipinski definition) is 3. The van der Waals surface area contributed by atoms with E-state index in [0.29, 0.717) is 28.1 Å². The van der Waals surface area contributed by atoms with Crippen molar-refractivity contribution in [3.63, 3.8) is 0 Å². The normalized spacial score (nSPS) is 13.6. The maximum absolute atomic E-state index is 9.69. The lowest BCUT2D eigenvalue weighted by molar-refractivity contribution is 0.183. The molecule has 60 heavy (non-hydrogen) atoms. The van der Waals surface area contributed by atoms with Gasteiger partial charge in [0.15, 0.2) is 0 Å². The van der Waals surface area contributed by atoms with Crippen molar-refractivity contribution >= 4 is 28.5 Å². The molecule has 14 nitrogen and oxygen atoms in total. The van der Waals surface area contributed by atoms with Crippen molar-refractivity contribution in [1.82, 2.24) is 29.3 Å². The first-order valence-corrected chi connectivity index (χ1v) is 19.4. The summed E-state index contributed by atoms with van der Waals surface area (Å²) in [6.07, 6.45) is 17.5. The van der Waals surface area contributed by atoms with Crippen molar-refractivity contribution < 1.29 is 9.84 Å². The maximum atomic E-state index is 9.69. The lowest BCUT2D eigenvalue weighted by Gasteiger charge is -2.27. The Morgan fingerprint density at radius 3 is 2.13 bits per heavy atom. The van der Waals surface area contributed by atoms with E-state index in [9.17, 15) is 15.6 Å². The number of phenolic OH excluding ortho intramolecular Hbond substituents is 1. The fourth-order valence-electron chi connectivity index (χ4n) is 7.44. The molecule has 296 valence electrons. The highest BCUT2D eigenvalue weighted by Crippen LogP contribution is 2.37. The zero-order valence-electron chi connectivity index (χ0n) is 33.1. The summed E-state index contributed by atoms with van der Waals surface area (Å²) in [5.74, 6) is 0.423. The molecule has 0 amide bonds. The van der Waals surface area contributed by atoms with Crippen LogP contribution in [0.3, 0.4) is 0 Å². The van der Waals surface area contributed by atoms with Gasteiger partial charge in [-0.2, -0.15) is 36.3 Å². The van der Waals surface area contributed by atoms with Gasteiger partial charge in [-0.15, -0.1) is 0 Å². The number of rotatable bonds is 6. The van der Waals surface area contributed by atoms with Crippen LogP contribution in [0.15, 0.2) is 91.6 Å². The van der Waals surface area contributed by atoms with Crippen molar-refractivity contribution in [3.8, 4) is 41.5 Å². The number of aromatic nitrogens is 6. The number of anilines is 2. The molecule has 2 aliphatic carbocycles. The molecule has 3 N–H and O–H groups in total. The van der Waals surface area contributed by atoms with E-state index in [0.717, 1.165) is 70.9 Å². The Bertz CT molecular complexity index is 2890. The minimum atomic E-state index is -0.152. The molecule has 1 atom stereocenters. The van der Waals surface area contributed by atoms with Gasteiger partial charge in [-0.25, -0.2) is 4.68 Å². The number of benzene rings is 4. The van der Waals surface area contributed by atoms with Gasteiger partial charge in [0.2, 0.25) is 0 Å². The van der Waals surface area contributed by atoms with E-state index >= 15 is 0 Å². The van der Waals surface area contributed by atoms with E-state index in [1.54, 1.807) is 45.9 Å². The quantitative estimate of drug-likeness (QED) is 0.137. The SMILES string of the molecule is Cn1cc(-n2ncc3cc(C#N)c(O[C@H]4CCCc5cc(C#N)ccc54)cc32)cn1.Cn1cc(Nc2cc(O)c(C#N)cc2C=N)cn1.N#Cc1ccc2c(c1)CCCC2. The van der Waals surface area contributed by atoms with E-state index in [2.05, 4.69) is 44.9 Å². The van der Waals surface area contributed by atoms with Gasteiger partial charge < -0.3 is 20.6 Å². The third kappa shape index (κ3) is 8.84. The molecule has 0 bridgehead atoms. The number of fused-ring (bicyclic) bond motifs is 3. The fraction of sp³-hybridized carbons (Fsp3) is 0.217. The van der Waals surface area contributed by atoms with E-state index in [-0.39, 0.29) is 17.4 Å². The maximum Gasteiger partial charge on any atom is 0.140 e. The van der Waals surface area contributed by atoms with Crippen LogP contribution in [0.25, 0.3) is 16.6 Å². The highest BCUT2D eigenvalue weighted by Gasteiger charge is 2.24. The number of aromatic hydroxyl groups is 1. The van der Waals surface area contributed by atoms with Crippen LogP contribution >= 0.6 is 0 Å². The summed E-state index contributed by atoms with van der Waals surface area (Å²) < 4.78 is 11.5. The average molecular weight is 793 g/mol. The van der Waals surface area contributed by atoms with Crippen LogP contribution in [0.1, 0.15) is 81.9 Å². The smallest absolute Gasteiger partial charge is 0.140 e. The highest BCUT2D eigenvalue weighted by atomic mass is 16.5. The molecule has 7 aromatic rings. The van der Waals surface area contributed by atoms with Crippen molar-refractivity contribution in [3.05, 3.63) is 142 Å². The van der Waals surface area contributed by atoms with Crippen LogP contribution in [-0.4, -0.2) is 40.7 Å². The van der Waals surface area contributed by atoms with Crippen molar-refractivity contribution in [2.75, 3.05) is 5.32 Å². The van der Waals surface area contributed by atoms with Gasteiger partial charge in [0, 0.05) is 49.6 Å². The minimum absolute atomic E-state index is 0.116. The fourth-order valence-corrected chi connectivity index (χ4v) is 7.44. The van der Waals surface area contributed by atoms with Crippen LogP contribution in [0.5, 0.6) is 11.5 Å². The first-order valence-electron chi connectivity index (χ1n) is 19.4. The zero-order chi connectivity index (χ0) is 42.2. The van der Waals surface area contributed by atoms with Gasteiger partial charge in [-0.05, 0) is 104 Å². The van der Waals surface area contributed by atoms with Crippen LogP contribution in [0, 0.1) is 50.7 Å². The first-order chi connectivity index (χ1) is 29.2. The van der Waals surface area contributed by atoms with Crippen molar-refractivity contribution in [1.29, 1.82) is 26.5 Å². The molecule has 4 aromatic carbocycles. The van der Waals surface area contributed by atoms with Crippen LogP contribution < -0.4 is 10.1 Å². The van der Waals surface area contributed by atoms with Crippen LogP contribution in [0.4, 0.5) is 11.4 Å². The van der Waals surface area contributed by atoms with Gasteiger partial charge in [0.25, 0.3) is 0 Å². The monoisotopic (exact) mass is 792 g/mol. The average Bonchev–Trinajstić information content (AvgIpc) is 4.02. The predicted molar refractivity (Wildman–Crippen MR) is 225 cm³/mol. The third-order valence-electron chi connectivity index (χ3n) is 10.4. The summed E-state index contributed by atoms with van der Waals surface area (Å²) in [6, 6.07) is 26.9. The Labute approximate surface area is 346 Å². The first kappa shape index (κ1) is 40.0. The Hall–Kier alpha value is -8.20. The molecule has 0 unspecified atom stereocenters. The summed E-state index contributed by atoms with van der Waals surface area (Å²) in [4.78, 5) is 0. The molecule has 0 saturated heterocycles. The molecule has 3 aromatic heterocycles. The van der Waals surface area contributed by atoms with Gasteiger partial charge in [0.1, 0.15) is 35.4 Å². The molecule has 0 fully saturated rings. The Morgan fingerprint density at radius 2 is 1.45 bits per heavy atom. The van der Waals surface area contributed by atoms with Crippen LogP contribution in [0.2, 0.25) is 0 Å². The molecule has 9 rings (SSSR count). The third-order valence-corrected chi connectivity index (χ3v) is 10.4. The standard InChI is InChI=1S/C23H18N6O.C12H11N5O.C11H11N/c1-28-14-19(13-26-28)29-21-9-23(17(11-25)8-18(21)12-27-29)30-22-4-2-3-16-7-15(10-24)5-6-20(16)22;1-17-7-10(6-15-17)16-11-3-12(18)9(5-14)2-8(11)4-13;12-8-9-5-6-10-3-1-2-4-11(10)7-9/h5-9,12-14,22H,2-4H2,1H3;2-4,6-7,13,16,18H,1H3;5-7H,1-4H2/t22-;;/m0../s1. The Balaban J connectivity index is 0.000000153. The van der Waals surface area contributed by atoms with Crippen LogP contribution in [-0.2, 0) is 33.4 Å². The Kier molecular flexibility index (Phi) is 12.0. The van der Waals surface area contributed by atoms with Gasteiger partial charge >= 0.3 is 0 Å². The number of aryl methyl sites for hydroxylation is 5. The number of phenols is 1. The van der Waals surface area contributed by atoms with E-state index in [1.165, 1.54) is 42.5 Å². The second-order valence-electron chi connectivity index (χ2n) is 14.5. The molecule has 0 saturated carbocycles. The molecule has 0 spiro atoms. The lowest BCUT2D eigenvalue weighted by atomic mass is 9.88. The molecular weight excluding hydrogens is 753 g/mol. The topological polar surface area (TPSA) is 214 Å². The van der Waals surface area contributed by atoms with Gasteiger partial charge in [-0.1, -0.05) is 12.1 Å². The van der Waals surface area contributed by atoms with E-state index in [4.69, 9.17) is 20.7 Å². The van der Waals surface area contributed by atoms with E-state index < -0.39 is 0 Å². The number of nitrogens with zero attached hydrogens (tertiary/aromatic N) is 10. The molecule has 3 heterocycles. The summed E-state index contributed by atoms with van der Waals surface area (Å²) in [5, 5.41) is 69.9.